The number of nitrogens with zero attached hydrogens (tertiary/aromatic N) is 1. The standard InChI is InChI=1S/C9H13N3O2S/c10-9(15)12-11-6-3-4-1-2-5(6)7(4)8(13)14/h4-5,7H,1-3H2,(H,13,14)(H3,10,12,15)/b11-6-/t4-,5-,7+/m1/s1. The van der Waals surface area contributed by atoms with Crippen molar-refractivity contribution in [2.75, 3.05) is 0 Å². The summed E-state index contributed by atoms with van der Waals surface area (Å²) in [6, 6.07) is 0. The average molecular weight is 227 g/mol. The van der Waals surface area contributed by atoms with Crippen LogP contribution in [0.15, 0.2) is 5.10 Å². The predicted molar refractivity (Wildman–Crippen MR) is 59.3 cm³/mol. The molecule has 0 saturated heterocycles. The molecule has 2 saturated carbocycles. The average Bonchev–Trinajstić information content (AvgIpc) is 2.70. The van der Waals surface area contributed by atoms with Crippen molar-refractivity contribution >= 4 is 29.0 Å². The van der Waals surface area contributed by atoms with Crippen LogP contribution in [0.25, 0.3) is 0 Å². The van der Waals surface area contributed by atoms with Gasteiger partial charge in [-0.15, -0.1) is 0 Å². The minimum Gasteiger partial charge on any atom is -0.481 e. The maximum absolute atomic E-state index is 11.0. The van der Waals surface area contributed by atoms with Crippen molar-refractivity contribution < 1.29 is 9.90 Å². The van der Waals surface area contributed by atoms with Gasteiger partial charge in [-0.05, 0) is 37.4 Å². The van der Waals surface area contributed by atoms with E-state index in [2.05, 4.69) is 22.7 Å². The smallest absolute Gasteiger partial charge is 0.307 e. The summed E-state index contributed by atoms with van der Waals surface area (Å²) in [4.78, 5) is 11.0. The van der Waals surface area contributed by atoms with Gasteiger partial charge in [0, 0.05) is 11.6 Å². The summed E-state index contributed by atoms with van der Waals surface area (Å²) in [5.41, 5.74) is 8.70. The van der Waals surface area contributed by atoms with E-state index in [-0.39, 0.29) is 22.9 Å². The zero-order valence-electron chi connectivity index (χ0n) is 8.14. The number of aliphatic carboxylic acids is 1. The molecule has 5 nitrogen and oxygen atoms in total. The molecule has 0 spiro atoms. The molecule has 2 aliphatic carbocycles. The van der Waals surface area contributed by atoms with E-state index in [1.807, 2.05) is 0 Å². The maximum Gasteiger partial charge on any atom is 0.307 e. The summed E-state index contributed by atoms with van der Waals surface area (Å²) < 4.78 is 0. The molecule has 3 atom stereocenters. The van der Waals surface area contributed by atoms with E-state index in [4.69, 9.17) is 10.8 Å². The van der Waals surface area contributed by atoms with Crippen molar-refractivity contribution in [2.24, 2.45) is 28.6 Å². The highest BCUT2D eigenvalue weighted by atomic mass is 32.1. The van der Waals surface area contributed by atoms with Crippen LogP contribution in [0.1, 0.15) is 19.3 Å². The fourth-order valence-corrected chi connectivity index (χ4v) is 2.78. The first-order valence-corrected chi connectivity index (χ1v) is 5.35. The lowest BCUT2D eigenvalue weighted by Crippen LogP contribution is -2.27. The Bertz CT molecular complexity index is 342. The Kier molecular flexibility index (Phi) is 2.60. The first kappa shape index (κ1) is 10.4. The van der Waals surface area contributed by atoms with Gasteiger partial charge in [-0.2, -0.15) is 5.10 Å². The Morgan fingerprint density at radius 3 is 2.87 bits per heavy atom. The van der Waals surface area contributed by atoms with Gasteiger partial charge >= 0.3 is 5.97 Å². The van der Waals surface area contributed by atoms with Gasteiger partial charge in [0.2, 0.25) is 0 Å². The third-order valence-corrected chi connectivity index (χ3v) is 3.38. The summed E-state index contributed by atoms with van der Waals surface area (Å²) in [6.07, 6.45) is 2.67. The second-order valence-corrected chi connectivity index (χ2v) is 4.53. The highest BCUT2D eigenvalue weighted by molar-refractivity contribution is 7.80. The van der Waals surface area contributed by atoms with Gasteiger partial charge < -0.3 is 10.8 Å². The van der Waals surface area contributed by atoms with Gasteiger partial charge in [0.25, 0.3) is 0 Å². The highest BCUT2D eigenvalue weighted by Crippen LogP contribution is 2.47. The van der Waals surface area contributed by atoms with Gasteiger partial charge in [-0.1, -0.05) is 0 Å². The van der Waals surface area contributed by atoms with Crippen LogP contribution in [0.3, 0.4) is 0 Å². The molecule has 0 amide bonds. The lowest BCUT2D eigenvalue weighted by Gasteiger charge is -2.11. The molecule has 0 aromatic rings. The van der Waals surface area contributed by atoms with Crippen LogP contribution in [-0.2, 0) is 4.79 Å². The van der Waals surface area contributed by atoms with Gasteiger partial charge in [-0.25, -0.2) is 0 Å². The Balaban J connectivity index is 2.11. The van der Waals surface area contributed by atoms with Crippen LogP contribution in [0.5, 0.6) is 0 Å². The second kappa shape index (κ2) is 3.77. The summed E-state index contributed by atoms with van der Waals surface area (Å²) in [5, 5.41) is 13.3. The molecule has 0 heterocycles. The Labute approximate surface area is 92.7 Å². The molecule has 0 aromatic heterocycles. The molecule has 2 bridgehead atoms. The number of hydrazone groups is 1. The fraction of sp³-hybridized carbons (Fsp3) is 0.667. The molecule has 2 rings (SSSR count). The molecule has 82 valence electrons. The van der Waals surface area contributed by atoms with Crippen molar-refractivity contribution in [2.45, 2.75) is 19.3 Å². The van der Waals surface area contributed by atoms with E-state index in [1.165, 1.54) is 0 Å². The summed E-state index contributed by atoms with van der Waals surface area (Å²) in [6.45, 7) is 0. The first-order chi connectivity index (χ1) is 7.09. The van der Waals surface area contributed by atoms with E-state index in [0.717, 1.165) is 25.0 Å². The van der Waals surface area contributed by atoms with E-state index in [0.29, 0.717) is 0 Å². The van der Waals surface area contributed by atoms with E-state index in [1.54, 1.807) is 0 Å². The molecule has 2 fully saturated rings. The number of carboxylic acids is 1. The van der Waals surface area contributed by atoms with Crippen molar-refractivity contribution in [3.05, 3.63) is 0 Å². The highest BCUT2D eigenvalue weighted by Gasteiger charge is 2.49. The molecular weight excluding hydrogens is 214 g/mol. The third-order valence-electron chi connectivity index (χ3n) is 3.28. The van der Waals surface area contributed by atoms with Gasteiger partial charge in [0.05, 0.1) is 5.92 Å². The minimum atomic E-state index is -0.706. The van der Waals surface area contributed by atoms with Crippen LogP contribution in [0, 0.1) is 17.8 Å². The molecule has 0 aliphatic heterocycles. The number of carbonyl (C=O) groups is 1. The van der Waals surface area contributed by atoms with Crippen molar-refractivity contribution in [3.63, 3.8) is 0 Å². The quantitative estimate of drug-likeness (QED) is 0.466. The normalized spacial score (nSPS) is 35.7. The molecular formula is C9H13N3O2S. The fourth-order valence-electron chi connectivity index (χ4n) is 2.73. The van der Waals surface area contributed by atoms with Crippen LogP contribution in [0.4, 0.5) is 0 Å². The third kappa shape index (κ3) is 1.81. The monoisotopic (exact) mass is 227 g/mol. The van der Waals surface area contributed by atoms with Crippen LogP contribution < -0.4 is 11.2 Å². The summed E-state index contributed by atoms with van der Waals surface area (Å²) in [7, 11) is 0. The number of nitrogens with one attached hydrogen (secondary N) is 1. The maximum atomic E-state index is 11.0. The van der Waals surface area contributed by atoms with Crippen LogP contribution >= 0.6 is 12.2 Å². The van der Waals surface area contributed by atoms with Crippen LogP contribution in [0.2, 0.25) is 0 Å². The largest absolute Gasteiger partial charge is 0.481 e. The summed E-state index contributed by atoms with van der Waals surface area (Å²) >= 11 is 4.64. The number of rotatable bonds is 2. The van der Waals surface area contributed by atoms with Crippen molar-refractivity contribution in [1.29, 1.82) is 0 Å². The minimum absolute atomic E-state index is 0.0781. The lowest BCUT2D eigenvalue weighted by atomic mass is 9.98. The zero-order chi connectivity index (χ0) is 11.0. The van der Waals surface area contributed by atoms with Gasteiger partial charge in [0.15, 0.2) is 5.11 Å². The molecule has 15 heavy (non-hydrogen) atoms. The van der Waals surface area contributed by atoms with Crippen molar-refractivity contribution in [3.8, 4) is 0 Å². The second-order valence-electron chi connectivity index (χ2n) is 4.09. The summed E-state index contributed by atoms with van der Waals surface area (Å²) in [5.74, 6) is -0.631. The Morgan fingerprint density at radius 2 is 2.33 bits per heavy atom. The number of thiocarbonyl (C=S) groups is 1. The van der Waals surface area contributed by atoms with Crippen molar-refractivity contribution in [1.82, 2.24) is 5.43 Å². The number of hydrogen-bond donors (Lipinski definition) is 3. The van der Waals surface area contributed by atoms with Gasteiger partial charge in [-0.3, -0.25) is 10.2 Å². The Morgan fingerprint density at radius 1 is 1.60 bits per heavy atom. The SMILES string of the molecule is NC(=S)N/N=C1/C[C@H]2CC[C@H]1[C@H]2C(=O)O. The molecule has 0 radical (unpaired) electrons. The Hall–Kier alpha value is -1.17. The molecule has 2 aliphatic rings. The number of fused-ring (bicyclic) bond motifs is 2. The number of nitrogens with two attached hydrogens (primary N) is 1. The van der Waals surface area contributed by atoms with E-state index >= 15 is 0 Å². The molecule has 6 heteroatoms. The molecule has 0 aromatic carbocycles. The number of hydrogen-bond acceptors (Lipinski definition) is 3. The van der Waals surface area contributed by atoms with Gasteiger partial charge in [0.1, 0.15) is 0 Å². The lowest BCUT2D eigenvalue weighted by molar-refractivity contribution is -0.143. The molecule has 4 N–H and O–H groups in total. The zero-order valence-corrected chi connectivity index (χ0v) is 8.96. The van der Waals surface area contributed by atoms with E-state index in [9.17, 15) is 4.79 Å². The van der Waals surface area contributed by atoms with E-state index < -0.39 is 5.97 Å². The topological polar surface area (TPSA) is 87.7 Å². The first-order valence-electron chi connectivity index (χ1n) is 4.94. The van der Waals surface area contributed by atoms with Crippen LogP contribution in [-0.4, -0.2) is 21.9 Å². The predicted octanol–water partition coefficient (Wildman–Crippen LogP) is 0.306. The molecule has 0 unspecified atom stereocenters. The number of carboxylic acid groups (broad SMARTS) is 1.